The van der Waals surface area contributed by atoms with Crippen molar-refractivity contribution >= 4 is 23.5 Å². The minimum atomic E-state index is -0.287. The molecule has 0 spiro atoms. The maximum absolute atomic E-state index is 12.2. The van der Waals surface area contributed by atoms with E-state index in [2.05, 4.69) is 10.6 Å². The number of anilines is 1. The van der Waals surface area contributed by atoms with Gasteiger partial charge in [0.1, 0.15) is 0 Å². The lowest BCUT2D eigenvalue weighted by molar-refractivity contribution is -0.143. The van der Waals surface area contributed by atoms with Crippen molar-refractivity contribution in [3.8, 4) is 0 Å². The van der Waals surface area contributed by atoms with Gasteiger partial charge in [0.25, 0.3) is 5.91 Å². The molecule has 2 N–H and O–H groups in total. The molecule has 0 aliphatic heterocycles. The molecule has 1 unspecified atom stereocenters. The number of carbonyl (C=O) groups excluding carboxylic acids is 3. The van der Waals surface area contributed by atoms with Crippen molar-refractivity contribution in [2.45, 2.75) is 58.4 Å². The van der Waals surface area contributed by atoms with Crippen molar-refractivity contribution in [2.24, 2.45) is 0 Å². The van der Waals surface area contributed by atoms with E-state index in [1.54, 1.807) is 24.3 Å². The topological polar surface area (TPSA) is 84.5 Å². The Labute approximate surface area is 184 Å². The maximum Gasteiger partial charge on any atom is 0.305 e. The Bertz CT molecular complexity index is 852. The number of nitrogens with one attached hydrogen (secondary N) is 2. The van der Waals surface area contributed by atoms with Crippen LogP contribution in [0.15, 0.2) is 54.6 Å². The Balaban J connectivity index is 1.64. The van der Waals surface area contributed by atoms with Crippen molar-refractivity contribution in [1.29, 1.82) is 0 Å². The van der Waals surface area contributed by atoms with E-state index in [0.717, 1.165) is 19.3 Å². The van der Waals surface area contributed by atoms with E-state index in [1.165, 1.54) is 5.56 Å². The second kappa shape index (κ2) is 13.2. The fraction of sp³-hybridized carbons (Fsp3) is 0.400. The van der Waals surface area contributed by atoms with Crippen molar-refractivity contribution in [1.82, 2.24) is 5.32 Å². The summed E-state index contributed by atoms with van der Waals surface area (Å²) in [6.07, 6.45) is 3.32. The first-order valence-electron chi connectivity index (χ1n) is 10.9. The van der Waals surface area contributed by atoms with Crippen LogP contribution in [0.4, 0.5) is 5.69 Å². The standard InChI is InChI=1S/C25H32N2O4/c1-3-19(2)26-25(30)21-13-7-14-22(18-21)27-23(28)15-8-16-24(29)31-17-9-12-20-10-5-4-6-11-20/h4-7,10-11,13-14,18-19H,3,8-9,12,15-17H2,1-2H3,(H,26,30)(H,27,28). The van der Waals surface area contributed by atoms with Gasteiger partial charge in [-0.1, -0.05) is 43.3 Å². The number of carbonyl (C=O) groups is 3. The molecule has 0 aliphatic carbocycles. The van der Waals surface area contributed by atoms with Crippen LogP contribution in [0.25, 0.3) is 0 Å². The Hall–Kier alpha value is -3.15. The minimum Gasteiger partial charge on any atom is -0.466 e. The fourth-order valence-corrected chi connectivity index (χ4v) is 2.94. The van der Waals surface area contributed by atoms with Crippen molar-refractivity contribution in [3.05, 3.63) is 65.7 Å². The Morgan fingerprint density at radius 1 is 0.968 bits per heavy atom. The molecule has 0 heterocycles. The van der Waals surface area contributed by atoms with Gasteiger partial charge in [-0.25, -0.2) is 0 Å². The highest BCUT2D eigenvalue weighted by atomic mass is 16.5. The molecule has 1 atom stereocenters. The quantitative estimate of drug-likeness (QED) is 0.388. The number of hydrogen-bond acceptors (Lipinski definition) is 4. The zero-order valence-electron chi connectivity index (χ0n) is 18.4. The zero-order chi connectivity index (χ0) is 22.5. The van der Waals surface area contributed by atoms with Gasteiger partial charge in [0.15, 0.2) is 0 Å². The molecule has 2 rings (SSSR count). The molecule has 0 fully saturated rings. The van der Waals surface area contributed by atoms with Gasteiger partial charge in [0.05, 0.1) is 6.61 Å². The average Bonchev–Trinajstić information content (AvgIpc) is 2.77. The molecule has 0 aliphatic rings. The lowest BCUT2D eigenvalue weighted by Crippen LogP contribution is -2.31. The summed E-state index contributed by atoms with van der Waals surface area (Å²) in [6.45, 7) is 4.32. The molecule has 0 saturated carbocycles. The summed E-state index contributed by atoms with van der Waals surface area (Å²) in [6, 6.07) is 17.0. The first-order chi connectivity index (χ1) is 15.0. The zero-order valence-corrected chi connectivity index (χ0v) is 18.4. The van der Waals surface area contributed by atoms with Crippen LogP contribution >= 0.6 is 0 Å². The van der Waals surface area contributed by atoms with Crippen LogP contribution in [0, 0.1) is 0 Å². The Morgan fingerprint density at radius 2 is 1.74 bits per heavy atom. The summed E-state index contributed by atoms with van der Waals surface area (Å²) >= 11 is 0. The van der Waals surface area contributed by atoms with Gasteiger partial charge in [-0.2, -0.15) is 0 Å². The molecule has 2 aromatic rings. The van der Waals surface area contributed by atoms with E-state index in [1.807, 2.05) is 44.2 Å². The summed E-state index contributed by atoms with van der Waals surface area (Å²) in [5, 5.41) is 5.68. The number of rotatable bonds is 12. The number of ether oxygens (including phenoxy) is 1. The molecule has 166 valence electrons. The van der Waals surface area contributed by atoms with E-state index < -0.39 is 0 Å². The fourth-order valence-electron chi connectivity index (χ4n) is 2.94. The first-order valence-corrected chi connectivity index (χ1v) is 10.9. The molecule has 0 saturated heterocycles. The van der Waals surface area contributed by atoms with Gasteiger partial charge in [-0.15, -0.1) is 0 Å². The Morgan fingerprint density at radius 3 is 2.48 bits per heavy atom. The average molecular weight is 425 g/mol. The van der Waals surface area contributed by atoms with Crippen molar-refractivity contribution in [2.75, 3.05) is 11.9 Å². The minimum absolute atomic E-state index is 0.0869. The highest BCUT2D eigenvalue weighted by molar-refractivity contribution is 5.97. The van der Waals surface area contributed by atoms with E-state index in [9.17, 15) is 14.4 Å². The highest BCUT2D eigenvalue weighted by Gasteiger charge is 2.11. The first kappa shape index (κ1) is 24.1. The predicted octanol–water partition coefficient (Wildman–Crippen LogP) is 4.50. The van der Waals surface area contributed by atoms with E-state index in [-0.39, 0.29) is 36.7 Å². The molecule has 0 aromatic heterocycles. The van der Waals surface area contributed by atoms with E-state index in [4.69, 9.17) is 4.74 Å². The molecule has 2 amide bonds. The summed E-state index contributed by atoms with van der Waals surface area (Å²) < 4.78 is 5.23. The number of aryl methyl sites for hydroxylation is 1. The third-order valence-corrected chi connectivity index (χ3v) is 4.90. The SMILES string of the molecule is CCC(C)NC(=O)c1cccc(NC(=O)CCCC(=O)OCCCc2ccccc2)c1. The lowest BCUT2D eigenvalue weighted by Gasteiger charge is -2.12. The second-order valence-electron chi connectivity index (χ2n) is 7.57. The highest BCUT2D eigenvalue weighted by Crippen LogP contribution is 2.12. The van der Waals surface area contributed by atoms with Crippen LogP contribution in [0.2, 0.25) is 0 Å². The summed E-state index contributed by atoms with van der Waals surface area (Å²) in [7, 11) is 0. The Kier molecular flexibility index (Phi) is 10.3. The predicted molar refractivity (Wildman–Crippen MR) is 122 cm³/mol. The molecule has 6 nitrogen and oxygen atoms in total. The van der Waals surface area contributed by atoms with E-state index in [0.29, 0.717) is 24.3 Å². The van der Waals surface area contributed by atoms with Crippen molar-refractivity contribution in [3.63, 3.8) is 0 Å². The van der Waals surface area contributed by atoms with Crippen LogP contribution < -0.4 is 10.6 Å². The summed E-state index contributed by atoms with van der Waals surface area (Å²) in [5.41, 5.74) is 2.28. The van der Waals surface area contributed by atoms with Gasteiger partial charge in [-0.05, 0) is 56.4 Å². The molecular formula is C25H32N2O4. The molecular weight excluding hydrogens is 392 g/mol. The third kappa shape index (κ3) is 9.47. The van der Waals surface area contributed by atoms with Gasteiger partial charge >= 0.3 is 5.97 Å². The van der Waals surface area contributed by atoms with Crippen LogP contribution in [-0.4, -0.2) is 30.4 Å². The van der Waals surface area contributed by atoms with Crippen LogP contribution in [0.5, 0.6) is 0 Å². The summed E-state index contributed by atoms with van der Waals surface area (Å²) in [4.78, 5) is 36.2. The van der Waals surface area contributed by atoms with E-state index >= 15 is 0 Å². The van der Waals surface area contributed by atoms with Crippen LogP contribution in [-0.2, 0) is 20.7 Å². The largest absolute Gasteiger partial charge is 0.466 e. The van der Waals surface area contributed by atoms with Gasteiger partial charge < -0.3 is 15.4 Å². The lowest BCUT2D eigenvalue weighted by atomic mass is 10.1. The molecule has 31 heavy (non-hydrogen) atoms. The number of benzene rings is 2. The molecule has 0 radical (unpaired) electrons. The maximum atomic E-state index is 12.2. The second-order valence-corrected chi connectivity index (χ2v) is 7.57. The number of hydrogen-bond donors (Lipinski definition) is 2. The number of esters is 1. The molecule has 2 aromatic carbocycles. The van der Waals surface area contributed by atoms with Crippen molar-refractivity contribution < 1.29 is 19.1 Å². The normalized spacial score (nSPS) is 11.4. The monoisotopic (exact) mass is 424 g/mol. The van der Waals surface area contributed by atoms with Gasteiger partial charge in [0.2, 0.25) is 5.91 Å². The van der Waals surface area contributed by atoms with Crippen LogP contribution in [0.3, 0.4) is 0 Å². The van der Waals surface area contributed by atoms with Gasteiger partial charge in [-0.3, -0.25) is 14.4 Å². The van der Waals surface area contributed by atoms with Gasteiger partial charge in [0, 0.05) is 30.1 Å². The number of amides is 2. The molecule has 0 bridgehead atoms. The molecule has 6 heteroatoms. The van der Waals surface area contributed by atoms with Crippen LogP contribution in [0.1, 0.15) is 61.9 Å². The summed E-state index contributed by atoms with van der Waals surface area (Å²) in [5.74, 6) is -0.651. The smallest absolute Gasteiger partial charge is 0.305 e. The third-order valence-electron chi connectivity index (χ3n) is 4.90.